The van der Waals surface area contributed by atoms with Crippen LogP contribution in [0.3, 0.4) is 0 Å². The molecule has 0 aliphatic rings. The predicted molar refractivity (Wildman–Crippen MR) is 107 cm³/mol. The molecule has 2 aromatic rings. The summed E-state index contributed by atoms with van der Waals surface area (Å²) in [5, 5.41) is 0.388. The monoisotopic (exact) mass is 360 g/mol. The highest BCUT2D eigenvalue weighted by Gasteiger charge is 2.14. The summed E-state index contributed by atoms with van der Waals surface area (Å²) in [5.41, 5.74) is 0. The number of rotatable bonds is 8. The van der Waals surface area contributed by atoms with Crippen LogP contribution in [-0.4, -0.2) is 19.3 Å². The number of hydrogen-bond acceptors (Lipinski definition) is 3. The Hall–Kier alpha value is -1.10. The van der Waals surface area contributed by atoms with Crippen molar-refractivity contribution in [2.45, 2.75) is 34.7 Å². The number of thioether (sulfide) groups is 2. The second-order valence-corrected chi connectivity index (χ2v) is 13.0. The summed E-state index contributed by atoms with van der Waals surface area (Å²) in [6.07, 6.45) is 4.12. The number of hydrogen-bond donors (Lipinski definition) is 0. The van der Waals surface area contributed by atoms with Crippen molar-refractivity contribution in [2.75, 3.05) is 5.75 Å². The van der Waals surface area contributed by atoms with E-state index in [-0.39, 0.29) is 0 Å². The Morgan fingerprint density at radius 1 is 0.913 bits per heavy atom. The third-order valence-electron chi connectivity index (χ3n) is 2.90. The third-order valence-corrected chi connectivity index (χ3v) is 6.26. The van der Waals surface area contributed by atoms with Gasteiger partial charge < -0.3 is 4.43 Å². The summed E-state index contributed by atoms with van der Waals surface area (Å²) in [4.78, 5) is 2.61. The first-order valence-corrected chi connectivity index (χ1v) is 13.0. The highest BCUT2D eigenvalue weighted by atomic mass is 32.2. The SMILES string of the molecule is C[Si](C)(C)O/C=C/C(CSc1ccccc1)Sc1ccccc1. The molecule has 0 saturated carbocycles. The van der Waals surface area contributed by atoms with Gasteiger partial charge in [-0.1, -0.05) is 36.4 Å². The first-order chi connectivity index (χ1) is 11.0. The van der Waals surface area contributed by atoms with E-state index in [0.717, 1.165) is 5.75 Å². The molecule has 0 heterocycles. The molecular formula is C19H24OS2Si. The maximum Gasteiger partial charge on any atom is 0.241 e. The Morgan fingerprint density at radius 3 is 2.04 bits per heavy atom. The van der Waals surface area contributed by atoms with Gasteiger partial charge in [0.15, 0.2) is 0 Å². The van der Waals surface area contributed by atoms with Crippen LogP contribution >= 0.6 is 23.5 Å². The maximum absolute atomic E-state index is 5.89. The van der Waals surface area contributed by atoms with Gasteiger partial charge in [0.1, 0.15) is 0 Å². The molecule has 0 aliphatic carbocycles. The van der Waals surface area contributed by atoms with E-state index in [4.69, 9.17) is 4.43 Å². The molecular weight excluding hydrogens is 336 g/mol. The van der Waals surface area contributed by atoms with E-state index in [1.54, 1.807) is 0 Å². The molecule has 0 N–H and O–H groups in total. The van der Waals surface area contributed by atoms with Gasteiger partial charge in [-0.2, -0.15) is 0 Å². The molecule has 0 aliphatic heterocycles. The van der Waals surface area contributed by atoms with Crippen molar-refractivity contribution in [2.24, 2.45) is 0 Å². The summed E-state index contributed by atoms with van der Waals surface area (Å²) >= 11 is 3.78. The Balaban J connectivity index is 1.98. The Labute approximate surface area is 149 Å². The fraction of sp³-hybridized carbons (Fsp3) is 0.263. The van der Waals surface area contributed by atoms with Crippen LogP contribution in [0.1, 0.15) is 0 Å². The molecule has 4 heteroatoms. The molecule has 0 amide bonds. The van der Waals surface area contributed by atoms with Gasteiger partial charge in [-0.05, 0) is 50.0 Å². The Bertz CT molecular complexity index is 594. The van der Waals surface area contributed by atoms with Crippen LogP contribution in [0.4, 0.5) is 0 Å². The fourth-order valence-electron chi connectivity index (χ4n) is 1.83. The molecule has 1 nitrogen and oxygen atoms in total. The zero-order valence-electron chi connectivity index (χ0n) is 13.9. The van der Waals surface area contributed by atoms with Crippen molar-refractivity contribution in [1.82, 2.24) is 0 Å². The first kappa shape index (κ1) is 18.2. The Kier molecular flexibility index (Phi) is 7.34. The second-order valence-electron chi connectivity index (χ2n) is 6.15. The van der Waals surface area contributed by atoms with Gasteiger partial charge in [-0.3, -0.25) is 0 Å². The summed E-state index contributed by atoms with van der Waals surface area (Å²) in [7, 11) is -1.51. The van der Waals surface area contributed by atoms with Gasteiger partial charge in [0.2, 0.25) is 8.32 Å². The second kappa shape index (κ2) is 9.26. The quantitative estimate of drug-likeness (QED) is 0.310. The minimum atomic E-state index is -1.51. The lowest BCUT2D eigenvalue weighted by Crippen LogP contribution is -2.22. The summed E-state index contributed by atoms with van der Waals surface area (Å²) in [6.45, 7) is 6.61. The Morgan fingerprint density at radius 2 is 1.48 bits per heavy atom. The summed E-state index contributed by atoms with van der Waals surface area (Å²) < 4.78 is 5.89. The molecule has 2 aromatic carbocycles. The van der Waals surface area contributed by atoms with Crippen molar-refractivity contribution in [1.29, 1.82) is 0 Å². The van der Waals surface area contributed by atoms with Gasteiger partial charge in [0, 0.05) is 20.8 Å². The van der Waals surface area contributed by atoms with Gasteiger partial charge in [-0.15, -0.1) is 23.5 Å². The summed E-state index contributed by atoms with van der Waals surface area (Å²) in [6, 6.07) is 21.1. The largest absolute Gasteiger partial charge is 0.550 e. The van der Waals surface area contributed by atoms with Crippen molar-refractivity contribution in [3.05, 3.63) is 73.0 Å². The maximum atomic E-state index is 5.89. The van der Waals surface area contributed by atoms with E-state index in [0.29, 0.717) is 5.25 Å². The molecule has 0 radical (unpaired) electrons. The van der Waals surface area contributed by atoms with E-state index >= 15 is 0 Å². The topological polar surface area (TPSA) is 9.23 Å². The summed E-state index contributed by atoms with van der Waals surface area (Å²) in [5.74, 6) is 1.02. The molecule has 1 unspecified atom stereocenters. The molecule has 122 valence electrons. The van der Waals surface area contributed by atoms with Crippen LogP contribution in [0.15, 0.2) is 82.8 Å². The van der Waals surface area contributed by atoms with Crippen LogP contribution in [-0.2, 0) is 4.43 Å². The smallest absolute Gasteiger partial charge is 0.241 e. The van der Waals surface area contributed by atoms with Crippen molar-refractivity contribution >= 4 is 31.8 Å². The lowest BCUT2D eigenvalue weighted by atomic mass is 10.4. The molecule has 0 saturated heterocycles. The van der Waals surface area contributed by atoms with E-state index in [1.165, 1.54) is 9.79 Å². The third kappa shape index (κ3) is 7.82. The molecule has 0 bridgehead atoms. The normalized spacial score (nSPS) is 13.2. The van der Waals surface area contributed by atoms with Crippen LogP contribution in [0.2, 0.25) is 19.6 Å². The molecule has 0 spiro atoms. The van der Waals surface area contributed by atoms with Gasteiger partial charge in [0.05, 0.1) is 6.26 Å². The van der Waals surface area contributed by atoms with E-state index in [1.807, 2.05) is 29.8 Å². The lowest BCUT2D eigenvalue weighted by molar-refractivity contribution is 0.477. The predicted octanol–water partition coefficient (Wildman–Crippen LogP) is 6.30. The van der Waals surface area contributed by atoms with Crippen LogP contribution in [0.25, 0.3) is 0 Å². The fourth-order valence-corrected chi connectivity index (χ4v) is 4.42. The lowest BCUT2D eigenvalue weighted by Gasteiger charge is -2.17. The van der Waals surface area contributed by atoms with Crippen molar-refractivity contribution in [3.63, 3.8) is 0 Å². The minimum Gasteiger partial charge on any atom is -0.550 e. The average molecular weight is 361 g/mol. The highest BCUT2D eigenvalue weighted by molar-refractivity contribution is 8.03. The first-order valence-electron chi connectivity index (χ1n) is 7.77. The van der Waals surface area contributed by atoms with Crippen molar-refractivity contribution in [3.8, 4) is 0 Å². The minimum absolute atomic E-state index is 0.388. The zero-order chi connectivity index (χ0) is 16.5. The molecule has 2 rings (SSSR count). The van der Waals surface area contributed by atoms with Crippen molar-refractivity contribution < 1.29 is 4.43 Å². The van der Waals surface area contributed by atoms with Gasteiger partial charge >= 0.3 is 0 Å². The van der Waals surface area contributed by atoms with Crippen LogP contribution in [0, 0.1) is 0 Å². The number of benzene rings is 2. The van der Waals surface area contributed by atoms with Gasteiger partial charge in [0.25, 0.3) is 0 Å². The van der Waals surface area contributed by atoms with E-state index in [9.17, 15) is 0 Å². The highest BCUT2D eigenvalue weighted by Crippen LogP contribution is 2.29. The van der Waals surface area contributed by atoms with Crippen LogP contribution in [0.5, 0.6) is 0 Å². The molecule has 0 aromatic heterocycles. The van der Waals surface area contributed by atoms with Gasteiger partial charge in [-0.25, -0.2) is 0 Å². The average Bonchev–Trinajstić information content (AvgIpc) is 2.53. The molecule has 1 atom stereocenters. The molecule has 0 fully saturated rings. The standard InChI is InChI=1S/C19H24OS2Si/c1-23(2,3)20-15-14-19(22-18-12-8-5-9-13-18)16-21-17-10-6-4-7-11-17/h4-15,19H,16H2,1-3H3/b15-14+. The van der Waals surface area contributed by atoms with E-state index in [2.05, 4.69) is 86.4 Å². The molecule has 23 heavy (non-hydrogen) atoms. The zero-order valence-corrected chi connectivity index (χ0v) is 16.6. The van der Waals surface area contributed by atoms with Crippen LogP contribution < -0.4 is 0 Å². The van der Waals surface area contributed by atoms with E-state index < -0.39 is 8.32 Å².